The molecule has 3 fully saturated rings. The summed E-state index contributed by atoms with van der Waals surface area (Å²) in [7, 11) is 0. The Morgan fingerprint density at radius 2 is 1.36 bits per heavy atom. The van der Waals surface area contributed by atoms with Crippen LogP contribution in [-0.2, 0) is 4.74 Å². The van der Waals surface area contributed by atoms with Crippen molar-refractivity contribution in [3.8, 4) is 0 Å². The van der Waals surface area contributed by atoms with Crippen molar-refractivity contribution in [3.05, 3.63) is 12.7 Å². The van der Waals surface area contributed by atoms with Gasteiger partial charge in [0.15, 0.2) is 0 Å². The van der Waals surface area contributed by atoms with Gasteiger partial charge >= 0.3 is 0 Å². The molecule has 2 saturated carbocycles. The minimum atomic E-state index is 0.599. The molecule has 2 aliphatic carbocycles. The van der Waals surface area contributed by atoms with E-state index in [2.05, 4.69) is 19.6 Å². The number of allylic oxidation sites excluding steroid dienone is 1. The highest BCUT2D eigenvalue weighted by atomic mass is 16.5. The van der Waals surface area contributed by atoms with Gasteiger partial charge in [0.05, 0.1) is 6.10 Å². The predicted octanol–water partition coefficient (Wildman–Crippen LogP) is 7.16. The van der Waals surface area contributed by atoms with E-state index in [1.165, 1.54) is 89.9 Å². The van der Waals surface area contributed by atoms with Crippen LogP contribution in [0.3, 0.4) is 0 Å². The van der Waals surface area contributed by atoms with E-state index in [-0.39, 0.29) is 0 Å². The fourth-order valence-corrected chi connectivity index (χ4v) is 5.87. The van der Waals surface area contributed by atoms with Gasteiger partial charge in [-0.15, -0.1) is 6.58 Å². The average molecular weight is 347 g/mol. The summed E-state index contributed by atoms with van der Waals surface area (Å²) < 4.78 is 6.39. The van der Waals surface area contributed by atoms with Crippen molar-refractivity contribution in [1.29, 1.82) is 0 Å². The highest BCUT2D eigenvalue weighted by Gasteiger charge is 2.31. The van der Waals surface area contributed by atoms with Crippen LogP contribution in [0.5, 0.6) is 0 Å². The molecular weight excluding hydrogens is 304 g/mol. The first-order valence-electron chi connectivity index (χ1n) is 11.5. The molecule has 0 N–H and O–H groups in total. The molecule has 0 aromatic carbocycles. The maximum atomic E-state index is 6.39. The maximum absolute atomic E-state index is 6.39. The minimum absolute atomic E-state index is 0.599. The Hall–Kier alpha value is -0.300. The van der Waals surface area contributed by atoms with E-state index in [0.717, 1.165) is 36.2 Å². The van der Waals surface area contributed by atoms with Crippen molar-refractivity contribution >= 4 is 0 Å². The lowest BCUT2D eigenvalue weighted by molar-refractivity contribution is -0.0606. The highest BCUT2D eigenvalue weighted by molar-refractivity contribution is 4.85. The zero-order valence-corrected chi connectivity index (χ0v) is 16.8. The summed E-state index contributed by atoms with van der Waals surface area (Å²) in [6.45, 7) is 7.36. The summed E-state index contributed by atoms with van der Waals surface area (Å²) in [6, 6.07) is 0. The normalized spacial score (nSPS) is 39.9. The van der Waals surface area contributed by atoms with Crippen LogP contribution in [0.15, 0.2) is 12.7 Å². The predicted molar refractivity (Wildman–Crippen MR) is 108 cm³/mol. The second-order valence-corrected chi connectivity index (χ2v) is 9.48. The van der Waals surface area contributed by atoms with Gasteiger partial charge < -0.3 is 4.74 Å². The van der Waals surface area contributed by atoms with Gasteiger partial charge in [-0.1, -0.05) is 45.1 Å². The number of hydrogen-bond donors (Lipinski definition) is 0. The molecule has 0 spiro atoms. The lowest BCUT2D eigenvalue weighted by atomic mass is 9.75. The molecule has 1 nitrogen and oxygen atoms in total. The molecule has 25 heavy (non-hydrogen) atoms. The summed E-state index contributed by atoms with van der Waals surface area (Å²) in [4.78, 5) is 0. The Bertz CT molecular complexity index is 366. The molecule has 0 bridgehead atoms. The zero-order valence-electron chi connectivity index (χ0n) is 16.8. The van der Waals surface area contributed by atoms with Crippen LogP contribution >= 0.6 is 0 Å². The van der Waals surface area contributed by atoms with Crippen molar-refractivity contribution in [2.75, 3.05) is 6.61 Å². The molecule has 1 saturated heterocycles. The molecule has 0 radical (unpaired) electrons. The quantitative estimate of drug-likeness (QED) is 0.444. The molecule has 2 unspecified atom stereocenters. The monoisotopic (exact) mass is 346 g/mol. The van der Waals surface area contributed by atoms with Crippen LogP contribution in [0.2, 0.25) is 0 Å². The van der Waals surface area contributed by atoms with Gasteiger partial charge in [-0.25, -0.2) is 0 Å². The molecular formula is C24H42O. The first-order chi connectivity index (χ1) is 12.3. The first kappa shape index (κ1) is 19.5. The van der Waals surface area contributed by atoms with Crippen molar-refractivity contribution in [2.45, 2.75) is 103 Å². The zero-order chi connectivity index (χ0) is 17.5. The average Bonchev–Trinajstić information content (AvgIpc) is 2.68. The second kappa shape index (κ2) is 10.1. The van der Waals surface area contributed by atoms with Crippen LogP contribution in [0.25, 0.3) is 0 Å². The largest absolute Gasteiger partial charge is 0.378 e. The van der Waals surface area contributed by atoms with Gasteiger partial charge in [-0.05, 0) is 87.4 Å². The Kier molecular flexibility index (Phi) is 7.90. The van der Waals surface area contributed by atoms with Crippen LogP contribution in [-0.4, -0.2) is 12.7 Å². The van der Waals surface area contributed by atoms with Crippen LogP contribution < -0.4 is 0 Å². The van der Waals surface area contributed by atoms with E-state index < -0.39 is 0 Å². The fourth-order valence-electron chi connectivity index (χ4n) is 5.87. The van der Waals surface area contributed by atoms with Gasteiger partial charge in [-0.2, -0.15) is 0 Å². The topological polar surface area (TPSA) is 9.23 Å². The molecule has 0 amide bonds. The summed E-state index contributed by atoms with van der Waals surface area (Å²) in [6.07, 6.45) is 22.7. The van der Waals surface area contributed by atoms with Crippen LogP contribution in [0.1, 0.15) is 96.8 Å². The number of hydrogen-bond acceptors (Lipinski definition) is 1. The summed E-state index contributed by atoms with van der Waals surface area (Å²) >= 11 is 0. The molecule has 1 heterocycles. The Balaban J connectivity index is 1.29. The summed E-state index contributed by atoms with van der Waals surface area (Å²) in [5.74, 6) is 4.55. The van der Waals surface area contributed by atoms with Gasteiger partial charge in [0.1, 0.15) is 0 Å². The molecule has 1 aliphatic heterocycles. The molecule has 144 valence electrons. The Labute approximate surface area is 157 Å². The molecule has 3 aliphatic rings. The van der Waals surface area contributed by atoms with E-state index >= 15 is 0 Å². The minimum Gasteiger partial charge on any atom is -0.378 e. The standard InChI is InChI=1S/C24H42O/c1-3-5-20-12-15-23(16-13-20)24-17-14-22(18-25-24)11-10-21-8-6-19(4-2)7-9-21/h4,19-24H,2-3,5-18H2,1H3. The summed E-state index contributed by atoms with van der Waals surface area (Å²) in [5, 5.41) is 0. The molecule has 2 atom stereocenters. The van der Waals surface area contributed by atoms with Crippen molar-refractivity contribution in [2.24, 2.45) is 29.6 Å². The van der Waals surface area contributed by atoms with E-state index in [9.17, 15) is 0 Å². The van der Waals surface area contributed by atoms with E-state index in [1.54, 1.807) is 0 Å². The van der Waals surface area contributed by atoms with Gasteiger partial charge in [0, 0.05) is 6.61 Å². The third kappa shape index (κ3) is 5.84. The van der Waals surface area contributed by atoms with Gasteiger partial charge in [0.2, 0.25) is 0 Å². The van der Waals surface area contributed by atoms with Crippen molar-refractivity contribution < 1.29 is 4.74 Å². The first-order valence-corrected chi connectivity index (χ1v) is 11.5. The van der Waals surface area contributed by atoms with Gasteiger partial charge in [-0.3, -0.25) is 0 Å². The SMILES string of the molecule is C=CC1CCC(CCC2CCC(C3CCC(CCC)CC3)OC2)CC1. The van der Waals surface area contributed by atoms with Crippen molar-refractivity contribution in [3.63, 3.8) is 0 Å². The van der Waals surface area contributed by atoms with E-state index in [0.29, 0.717) is 6.10 Å². The Morgan fingerprint density at radius 1 is 0.760 bits per heavy atom. The van der Waals surface area contributed by atoms with Crippen molar-refractivity contribution in [1.82, 2.24) is 0 Å². The number of rotatable bonds is 7. The van der Waals surface area contributed by atoms with E-state index in [4.69, 9.17) is 4.74 Å². The third-order valence-corrected chi connectivity index (χ3v) is 7.73. The molecule has 1 heteroatoms. The van der Waals surface area contributed by atoms with Crippen LogP contribution in [0.4, 0.5) is 0 Å². The molecule has 3 rings (SSSR count). The van der Waals surface area contributed by atoms with E-state index in [1.807, 2.05) is 0 Å². The van der Waals surface area contributed by atoms with Crippen LogP contribution in [0, 0.1) is 29.6 Å². The highest BCUT2D eigenvalue weighted by Crippen LogP contribution is 2.39. The Morgan fingerprint density at radius 3 is 1.96 bits per heavy atom. The maximum Gasteiger partial charge on any atom is 0.0603 e. The number of ether oxygens (including phenoxy) is 1. The third-order valence-electron chi connectivity index (χ3n) is 7.73. The summed E-state index contributed by atoms with van der Waals surface area (Å²) in [5.41, 5.74) is 0. The van der Waals surface area contributed by atoms with Gasteiger partial charge in [0.25, 0.3) is 0 Å². The lowest BCUT2D eigenvalue weighted by Gasteiger charge is -2.38. The lowest BCUT2D eigenvalue weighted by Crippen LogP contribution is -2.34. The smallest absolute Gasteiger partial charge is 0.0603 e. The second-order valence-electron chi connectivity index (χ2n) is 9.48. The molecule has 0 aromatic heterocycles. The molecule has 0 aromatic rings. The fraction of sp³-hybridized carbons (Fsp3) is 0.917.